The van der Waals surface area contributed by atoms with Crippen LogP contribution in [-0.2, 0) is 20.3 Å². The highest BCUT2D eigenvalue weighted by Crippen LogP contribution is 2.11. The van der Waals surface area contributed by atoms with Gasteiger partial charge in [-0.05, 0) is 26.2 Å². The molecule has 0 aromatic heterocycles. The summed E-state index contributed by atoms with van der Waals surface area (Å²) in [6.07, 6.45) is 4.43. The lowest BCUT2D eigenvalue weighted by atomic mass is 10.2. The summed E-state index contributed by atoms with van der Waals surface area (Å²) in [5.74, 6) is 0.694. The molecule has 5 nitrogen and oxygen atoms in total. The topological polar surface area (TPSA) is 67.8 Å². The highest BCUT2D eigenvalue weighted by molar-refractivity contribution is 7.84. The molecule has 1 fully saturated rings. The van der Waals surface area contributed by atoms with E-state index in [1.54, 1.807) is 6.26 Å². The minimum atomic E-state index is -0.748. The first kappa shape index (κ1) is 17.0. The van der Waals surface area contributed by atoms with Crippen LogP contribution in [0.4, 0.5) is 0 Å². The van der Waals surface area contributed by atoms with Crippen LogP contribution in [0, 0.1) is 0 Å². The standard InChI is InChI=1S/C13H27NO4S/c1-11(5-7-19(2)16)14-8-12(15)9-17-10-13-4-3-6-18-13/h11-15H,3-10H2,1-2H3. The van der Waals surface area contributed by atoms with Crippen LogP contribution in [0.5, 0.6) is 0 Å². The van der Waals surface area contributed by atoms with Crippen LogP contribution in [0.2, 0.25) is 0 Å². The van der Waals surface area contributed by atoms with E-state index in [0.717, 1.165) is 25.9 Å². The monoisotopic (exact) mass is 293 g/mol. The van der Waals surface area contributed by atoms with Gasteiger partial charge >= 0.3 is 0 Å². The van der Waals surface area contributed by atoms with Crippen molar-refractivity contribution in [1.29, 1.82) is 0 Å². The van der Waals surface area contributed by atoms with Gasteiger partial charge in [-0.1, -0.05) is 0 Å². The summed E-state index contributed by atoms with van der Waals surface area (Å²) in [4.78, 5) is 0. The molecule has 0 saturated carbocycles. The Kier molecular flexibility index (Phi) is 8.81. The fraction of sp³-hybridized carbons (Fsp3) is 1.00. The third-order valence-electron chi connectivity index (χ3n) is 3.18. The molecule has 19 heavy (non-hydrogen) atoms. The molecule has 0 spiro atoms. The number of aliphatic hydroxyl groups is 1. The van der Waals surface area contributed by atoms with Crippen molar-refractivity contribution in [3.8, 4) is 0 Å². The molecule has 114 valence electrons. The average molecular weight is 293 g/mol. The van der Waals surface area contributed by atoms with Gasteiger partial charge in [0.05, 0.1) is 25.4 Å². The minimum absolute atomic E-state index is 0.207. The van der Waals surface area contributed by atoms with Gasteiger partial charge in [-0.3, -0.25) is 4.21 Å². The molecular weight excluding hydrogens is 266 g/mol. The molecule has 6 heteroatoms. The van der Waals surface area contributed by atoms with E-state index in [1.807, 2.05) is 6.92 Å². The van der Waals surface area contributed by atoms with Crippen molar-refractivity contribution in [2.75, 3.05) is 38.4 Å². The van der Waals surface area contributed by atoms with Crippen molar-refractivity contribution >= 4 is 10.8 Å². The lowest BCUT2D eigenvalue weighted by Gasteiger charge is -2.17. The number of rotatable bonds is 10. The second-order valence-electron chi connectivity index (χ2n) is 5.20. The molecule has 4 unspecified atom stereocenters. The van der Waals surface area contributed by atoms with E-state index in [-0.39, 0.29) is 12.1 Å². The Labute approximate surface area is 118 Å². The Bertz CT molecular complexity index is 259. The first-order chi connectivity index (χ1) is 9.08. The van der Waals surface area contributed by atoms with Crippen molar-refractivity contribution in [3.63, 3.8) is 0 Å². The zero-order valence-electron chi connectivity index (χ0n) is 12.0. The molecule has 0 amide bonds. The predicted molar refractivity (Wildman–Crippen MR) is 76.8 cm³/mol. The Morgan fingerprint density at radius 2 is 2.37 bits per heavy atom. The van der Waals surface area contributed by atoms with Gasteiger partial charge in [0.15, 0.2) is 0 Å². The minimum Gasteiger partial charge on any atom is -0.389 e. The molecule has 2 N–H and O–H groups in total. The van der Waals surface area contributed by atoms with E-state index in [4.69, 9.17) is 9.47 Å². The van der Waals surface area contributed by atoms with Crippen LogP contribution in [0.1, 0.15) is 26.2 Å². The number of aliphatic hydroxyl groups excluding tert-OH is 1. The molecule has 1 rings (SSSR count). The fourth-order valence-electron chi connectivity index (χ4n) is 1.95. The van der Waals surface area contributed by atoms with E-state index in [1.165, 1.54) is 0 Å². The van der Waals surface area contributed by atoms with Gasteiger partial charge in [-0.2, -0.15) is 0 Å². The molecule has 0 aliphatic carbocycles. The molecule has 1 aliphatic heterocycles. The number of ether oxygens (including phenoxy) is 2. The smallest absolute Gasteiger partial charge is 0.0897 e. The van der Waals surface area contributed by atoms with Crippen LogP contribution in [0.15, 0.2) is 0 Å². The van der Waals surface area contributed by atoms with Crippen molar-refractivity contribution in [2.24, 2.45) is 0 Å². The molecule has 1 heterocycles. The molecular formula is C13H27NO4S. The average Bonchev–Trinajstić information content (AvgIpc) is 2.87. The molecule has 1 saturated heterocycles. The lowest BCUT2D eigenvalue weighted by molar-refractivity contribution is -0.0168. The maximum absolute atomic E-state index is 11.0. The predicted octanol–water partition coefficient (Wildman–Crippen LogP) is 0.290. The lowest BCUT2D eigenvalue weighted by Crippen LogP contribution is -2.37. The molecule has 0 bridgehead atoms. The highest BCUT2D eigenvalue weighted by Gasteiger charge is 2.16. The summed E-state index contributed by atoms with van der Waals surface area (Å²) in [6.45, 7) is 4.27. The molecule has 0 radical (unpaired) electrons. The Morgan fingerprint density at radius 3 is 3.00 bits per heavy atom. The van der Waals surface area contributed by atoms with E-state index in [9.17, 15) is 9.32 Å². The van der Waals surface area contributed by atoms with Gasteiger partial charge in [0.1, 0.15) is 0 Å². The summed E-state index contributed by atoms with van der Waals surface area (Å²) >= 11 is 0. The van der Waals surface area contributed by atoms with E-state index < -0.39 is 16.9 Å². The Balaban J connectivity index is 1.97. The summed E-state index contributed by atoms with van der Waals surface area (Å²) in [6, 6.07) is 0.261. The van der Waals surface area contributed by atoms with Gasteiger partial charge in [0.25, 0.3) is 0 Å². The molecule has 1 aliphatic rings. The summed E-state index contributed by atoms with van der Waals surface area (Å²) in [5.41, 5.74) is 0. The van der Waals surface area contributed by atoms with Gasteiger partial charge in [-0.15, -0.1) is 0 Å². The van der Waals surface area contributed by atoms with Crippen molar-refractivity contribution < 1.29 is 18.8 Å². The third kappa shape index (κ3) is 8.70. The first-order valence-corrected chi connectivity index (χ1v) is 8.71. The van der Waals surface area contributed by atoms with Gasteiger partial charge < -0.3 is 19.9 Å². The van der Waals surface area contributed by atoms with Crippen LogP contribution >= 0.6 is 0 Å². The van der Waals surface area contributed by atoms with Gasteiger partial charge in [0.2, 0.25) is 0 Å². The largest absolute Gasteiger partial charge is 0.389 e. The second kappa shape index (κ2) is 9.83. The molecule has 0 aromatic carbocycles. The van der Waals surface area contributed by atoms with Crippen LogP contribution in [0.25, 0.3) is 0 Å². The van der Waals surface area contributed by atoms with E-state index in [2.05, 4.69) is 5.32 Å². The Morgan fingerprint density at radius 1 is 1.58 bits per heavy atom. The molecule has 4 atom stereocenters. The zero-order chi connectivity index (χ0) is 14.1. The fourth-order valence-corrected chi connectivity index (χ4v) is 2.64. The summed E-state index contributed by atoms with van der Waals surface area (Å²) in [5, 5.41) is 13.0. The number of hydrogen-bond acceptors (Lipinski definition) is 5. The normalized spacial score (nSPS) is 24.3. The van der Waals surface area contributed by atoms with E-state index >= 15 is 0 Å². The quantitative estimate of drug-likeness (QED) is 0.606. The first-order valence-electron chi connectivity index (χ1n) is 6.98. The summed E-state index contributed by atoms with van der Waals surface area (Å²) < 4.78 is 21.8. The SMILES string of the molecule is CC(CCS(C)=O)NCC(O)COCC1CCCO1. The van der Waals surface area contributed by atoms with Gasteiger partial charge in [-0.25, -0.2) is 0 Å². The highest BCUT2D eigenvalue weighted by atomic mass is 32.2. The summed E-state index contributed by atoms with van der Waals surface area (Å²) in [7, 11) is -0.748. The number of hydrogen-bond donors (Lipinski definition) is 2. The zero-order valence-corrected chi connectivity index (χ0v) is 12.8. The maximum Gasteiger partial charge on any atom is 0.0897 e. The molecule has 0 aromatic rings. The van der Waals surface area contributed by atoms with Crippen LogP contribution in [0.3, 0.4) is 0 Å². The Hall–Kier alpha value is -0.0100. The maximum atomic E-state index is 11.0. The van der Waals surface area contributed by atoms with E-state index in [0.29, 0.717) is 25.5 Å². The van der Waals surface area contributed by atoms with Gasteiger partial charge in [0, 0.05) is 42.0 Å². The van der Waals surface area contributed by atoms with Crippen LogP contribution in [-0.4, -0.2) is 65.9 Å². The van der Waals surface area contributed by atoms with Crippen molar-refractivity contribution in [3.05, 3.63) is 0 Å². The second-order valence-corrected chi connectivity index (χ2v) is 6.76. The number of nitrogens with one attached hydrogen (secondary N) is 1. The van der Waals surface area contributed by atoms with Crippen molar-refractivity contribution in [1.82, 2.24) is 5.32 Å². The third-order valence-corrected chi connectivity index (χ3v) is 3.99. The van der Waals surface area contributed by atoms with Crippen molar-refractivity contribution in [2.45, 2.75) is 44.4 Å². The van der Waals surface area contributed by atoms with Crippen LogP contribution < -0.4 is 5.32 Å².